The van der Waals surface area contributed by atoms with Crippen molar-refractivity contribution >= 4 is 11.8 Å². The second kappa shape index (κ2) is 8.00. The van der Waals surface area contributed by atoms with E-state index in [1.165, 1.54) is 0 Å². The third kappa shape index (κ3) is 4.01. The van der Waals surface area contributed by atoms with Crippen LogP contribution < -0.4 is 10.9 Å². The van der Waals surface area contributed by atoms with E-state index < -0.39 is 0 Å². The normalized spacial score (nSPS) is 20.4. The van der Waals surface area contributed by atoms with Crippen LogP contribution in [-0.4, -0.2) is 34.4 Å². The number of carbonyl (C=O) groups excluding carboxylic acids is 2. The van der Waals surface area contributed by atoms with Gasteiger partial charge in [-0.3, -0.25) is 14.4 Å². The minimum absolute atomic E-state index is 0.0243. The van der Waals surface area contributed by atoms with Crippen molar-refractivity contribution in [2.45, 2.75) is 38.3 Å². The number of nitrogens with zero attached hydrogens (tertiary/aromatic N) is 2. The zero-order chi connectivity index (χ0) is 19.5. The number of likely N-dealkylation sites (tertiary alicyclic amines) is 1. The fourth-order valence-electron chi connectivity index (χ4n) is 4.36. The second-order valence-electron chi connectivity index (χ2n) is 7.76. The minimum Gasteiger partial charge on any atom is -0.352 e. The molecule has 1 aromatic carbocycles. The molecule has 2 atom stereocenters. The van der Waals surface area contributed by atoms with Crippen LogP contribution in [0, 0.1) is 5.92 Å². The van der Waals surface area contributed by atoms with Crippen LogP contribution in [0.5, 0.6) is 0 Å². The molecule has 0 saturated carbocycles. The van der Waals surface area contributed by atoms with Crippen LogP contribution in [0.3, 0.4) is 0 Å². The Labute approximate surface area is 164 Å². The third-order valence-corrected chi connectivity index (χ3v) is 5.73. The molecule has 2 bridgehead atoms. The van der Waals surface area contributed by atoms with Gasteiger partial charge in [0, 0.05) is 56.7 Å². The van der Waals surface area contributed by atoms with Gasteiger partial charge in [-0.2, -0.15) is 0 Å². The van der Waals surface area contributed by atoms with Crippen molar-refractivity contribution < 1.29 is 9.59 Å². The van der Waals surface area contributed by atoms with Crippen molar-refractivity contribution in [1.29, 1.82) is 0 Å². The largest absolute Gasteiger partial charge is 0.352 e. The topological polar surface area (TPSA) is 71.4 Å². The molecule has 2 aliphatic rings. The molecule has 28 heavy (non-hydrogen) atoms. The van der Waals surface area contributed by atoms with E-state index in [0.29, 0.717) is 32.1 Å². The van der Waals surface area contributed by atoms with Crippen molar-refractivity contribution in [3.63, 3.8) is 0 Å². The average Bonchev–Trinajstić information content (AvgIpc) is 2.72. The molecule has 0 aliphatic carbocycles. The maximum atomic E-state index is 12.7. The van der Waals surface area contributed by atoms with Crippen LogP contribution in [-0.2, 0) is 22.7 Å². The second-order valence-corrected chi connectivity index (χ2v) is 7.76. The lowest BCUT2D eigenvalue weighted by molar-refractivity contribution is -0.136. The third-order valence-electron chi connectivity index (χ3n) is 5.73. The summed E-state index contributed by atoms with van der Waals surface area (Å²) in [5.41, 5.74) is 2.11. The Morgan fingerprint density at radius 2 is 1.79 bits per heavy atom. The van der Waals surface area contributed by atoms with E-state index in [9.17, 15) is 14.4 Å². The van der Waals surface area contributed by atoms with Gasteiger partial charge in [-0.25, -0.2) is 0 Å². The summed E-state index contributed by atoms with van der Waals surface area (Å²) in [6, 6.07) is 15.1. The van der Waals surface area contributed by atoms with Crippen LogP contribution >= 0.6 is 0 Å². The van der Waals surface area contributed by atoms with E-state index in [1.54, 1.807) is 12.1 Å². The summed E-state index contributed by atoms with van der Waals surface area (Å²) in [4.78, 5) is 38.7. The average molecular weight is 379 g/mol. The Hall–Kier alpha value is -2.89. The van der Waals surface area contributed by atoms with E-state index in [1.807, 2.05) is 45.9 Å². The number of fused-ring (bicyclic) bond motifs is 4. The van der Waals surface area contributed by atoms with Gasteiger partial charge in [0.25, 0.3) is 5.56 Å². The number of rotatable bonds is 5. The highest BCUT2D eigenvalue weighted by atomic mass is 16.2. The van der Waals surface area contributed by atoms with Gasteiger partial charge in [0.05, 0.1) is 0 Å². The van der Waals surface area contributed by atoms with Crippen LogP contribution in [0.2, 0.25) is 0 Å². The van der Waals surface area contributed by atoms with E-state index in [-0.39, 0.29) is 36.1 Å². The highest BCUT2D eigenvalue weighted by Crippen LogP contribution is 2.35. The Morgan fingerprint density at radius 1 is 0.964 bits per heavy atom. The minimum atomic E-state index is -0.105. The molecule has 0 radical (unpaired) electrons. The summed E-state index contributed by atoms with van der Waals surface area (Å²) in [6.45, 7) is 2.45. The molecule has 1 fully saturated rings. The summed E-state index contributed by atoms with van der Waals surface area (Å²) in [7, 11) is 0. The maximum absolute atomic E-state index is 12.7. The van der Waals surface area contributed by atoms with Gasteiger partial charge in [-0.1, -0.05) is 36.4 Å². The van der Waals surface area contributed by atoms with Gasteiger partial charge in [-0.05, 0) is 24.0 Å². The predicted octanol–water partition coefficient (Wildman–Crippen LogP) is 1.89. The van der Waals surface area contributed by atoms with Crippen molar-refractivity contribution in [2.24, 2.45) is 5.92 Å². The molecular formula is C22H25N3O3. The summed E-state index contributed by atoms with van der Waals surface area (Å²) in [6.07, 6.45) is 1.44. The Balaban J connectivity index is 1.30. The molecule has 1 aromatic heterocycles. The summed E-state index contributed by atoms with van der Waals surface area (Å²) in [5, 5.41) is 2.87. The lowest BCUT2D eigenvalue weighted by Crippen LogP contribution is -2.49. The van der Waals surface area contributed by atoms with Crippen molar-refractivity contribution in [3.05, 3.63) is 70.1 Å². The zero-order valence-corrected chi connectivity index (χ0v) is 15.8. The molecule has 0 spiro atoms. The van der Waals surface area contributed by atoms with E-state index >= 15 is 0 Å². The SMILES string of the molecule is O=C(CCC(=O)N1C[C@H]2C[C@H](C1)c1cccc(=O)n1C2)NCc1ccccc1. The Bertz CT molecular complexity index is 922. The summed E-state index contributed by atoms with van der Waals surface area (Å²) in [5.74, 6) is 0.432. The number of piperidine rings is 1. The van der Waals surface area contributed by atoms with Gasteiger partial charge in [-0.15, -0.1) is 0 Å². The number of benzene rings is 1. The van der Waals surface area contributed by atoms with Gasteiger partial charge in [0.2, 0.25) is 11.8 Å². The molecule has 6 nitrogen and oxygen atoms in total. The van der Waals surface area contributed by atoms with Crippen LogP contribution in [0.15, 0.2) is 53.3 Å². The first-order chi connectivity index (χ1) is 13.6. The molecule has 1 N–H and O–H groups in total. The highest BCUT2D eigenvalue weighted by molar-refractivity contribution is 5.83. The standard InChI is InChI=1S/C22H25N3O3/c26-20(23-12-16-5-2-1-3-6-16)9-10-21(27)24-13-17-11-18(15-24)19-7-4-8-22(28)25(19)14-17/h1-8,17-18H,9-15H2,(H,23,26)/t17-,18-/m1/s1. The smallest absolute Gasteiger partial charge is 0.250 e. The summed E-state index contributed by atoms with van der Waals surface area (Å²) >= 11 is 0. The maximum Gasteiger partial charge on any atom is 0.250 e. The van der Waals surface area contributed by atoms with E-state index in [2.05, 4.69) is 5.32 Å². The van der Waals surface area contributed by atoms with Crippen molar-refractivity contribution in [1.82, 2.24) is 14.8 Å². The molecule has 1 saturated heterocycles. The monoisotopic (exact) mass is 379 g/mol. The number of hydrogen-bond donors (Lipinski definition) is 1. The molecular weight excluding hydrogens is 354 g/mol. The fourth-order valence-corrected chi connectivity index (χ4v) is 4.36. The first-order valence-electron chi connectivity index (χ1n) is 9.88. The fraction of sp³-hybridized carbons (Fsp3) is 0.409. The number of nitrogens with one attached hydrogen (secondary N) is 1. The van der Waals surface area contributed by atoms with Crippen molar-refractivity contribution in [3.8, 4) is 0 Å². The highest BCUT2D eigenvalue weighted by Gasteiger charge is 2.36. The van der Waals surface area contributed by atoms with Gasteiger partial charge < -0.3 is 14.8 Å². The Morgan fingerprint density at radius 3 is 2.61 bits per heavy atom. The van der Waals surface area contributed by atoms with E-state index in [4.69, 9.17) is 0 Å². The Kier molecular flexibility index (Phi) is 5.28. The van der Waals surface area contributed by atoms with Gasteiger partial charge in [0.15, 0.2) is 0 Å². The molecule has 2 aliphatic heterocycles. The number of hydrogen-bond acceptors (Lipinski definition) is 3. The first kappa shape index (κ1) is 18.5. The van der Waals surface area contributed by atoms with Crippen LogP contribution in [0.1, 0.15) is 36.4 Å². The first-order valence-corrected chi connectivity index (χ1v) is 9.88. The lowest BCUT2D eigenvalue weighted by Gasteiger charge is -2.42. The zero-order valence-electron chi connectivity index (χ0n) is 15.8. The molecule has 0 unspecified atom stereocenters. The number of carbonyl (C=O) groups is 2. The molecule has 146 valence electrons. The molecule has 6 heteroatoms. The number of aromatic nitrogens is 1. The van der Waals surface area contributed by atoms with Crippen molar-refractivity contribution in [2.75, 3.05) is 13.1 Å². The predicted molar refractivity (Wildman–Crippen MR) is 106 cm³/mol. The van der Waals surface area contributed by atoms with Gasteiger partial charge in [0.1, 0.15) is 0 Å². The molecule has 2 amide bonds. The van der Waals surface area contributed by atoms with Crippen LogP contribution in [0.25, 0.3) is 0 Å². The van der Waals surface area contributed by atoms with Gasteiger partial charge >= 0.3 is 0 Å². The lowest BCUT2D eigenvalue weighted by atomic mass is 9.83. The number of amides is 2. The molecule has 4 rings (SSSR count). The van der Waals surface area contributed by atoms with Crippen LogP contribution in [0.4, 0.5) is 0 Å². The van der Waals surface area contributed by atoms with E-state index in [0.717, 1.165) is 17.7 Å². The summed E-state index contributed by atoms with van der Waals surface area (Å²) < 4.78 is 1.86. The number of pyridine rings is 1. The quantitative estimate of drug-likeness (QED) is 0.862. The molecule has 2 aromatic rings. The molecule has 3 heterocycles.